The largest absolute Gasteiger partial charge is 0.313 e. The topological polar surface area (TPSA) is 105 Å². The molecule has 2 heterocycles. The molecule has 22 heavy (non-hydrogen) atoms. The maximum absolute atomic E-state index is 12.1. The number of rotatable bonds is 5. The average molecular weight is 368 g/mol. The summed E-state index contributed by atoms with van der Waals surface area (Å²) >= 11 is 0. The van der Waals surface area contributed by atoms with Crippen molar-refractivity contribution in [3.8, 4) is 0 Å². The summed E-state index contributed by atoms with van der Waals surface area (Å²) in [6, 6.07) is 2.43. The van der Waals surface area contributed by atoms with E-state index in [0.29, 0.717) is 0 Å². The van der Waals surface area contributed by atoms with Crippen LogP contribution >= 0.6 is 12.4 Å². The molecule has 2 N–H and O–H groups in total. The minimum absolute atomic E-state index is 0. The number of nitrogens with zero attached hydrogens (tertiary/aromatic N) is 1. The van der Waals surface area contributed by atoms with Crippen molar-refractivity contribution in [2.24, 2.45) is 0 Å². The number of aromatic nitrogens is 1. The van der Waals surface area contributed by atoms with Crippen LogP contribution in [0.15, 0.2) is 39.9 Å². The van der Waals surface area contributed by atoms with Crippen molar-refractivity contribution in [2.45, 2.75) is 16.3 Å². The van der Waals surface area contributed by atoms with Crippen molar-refractivity contribution >= 4 is 32.3 Å². The zero-order chi connectivity index (χ0) is 15.5. The summed E-state index contributed by atoms with van der Waals surface area (Å²) in [7, 11) is -7.13. The second kappa shape index (κ2) is 7.51. The normalized spacial score (nSPS) is 15.8. The second-order valence-electron chi connectivity index (χ2n) is 4.75. The number of hydrogen-bond donors (Lipinski definition) is 2. The number of nitrogens with one attached hydrogen (secondary N) is 2. The average Bonchev–Trinajstić information content (AvgIpc) is 2.46. The Morgan fingerprint density at radius 1 is 1.27 bits per heavy atom. The molecule has 1 aliphatic heterocycles. The van der Waals surface area contributed by atoms with Crippen LogP contribution in [-0.2, 0) is 19.9 Å². The zero-order valence-corrected chi connectivity index (χ0v) is 14.4. The quantitative estimate of drug-likeness (QED) is 0.715. The van der Waals surface area contributed by atoms with Gasteiger partial charge in [-0.25, -0.2) is 26.5 Å². The lowest BCUT2D eigenvalue weighted by atomic mass is 10.1. The molecule has 0 saturated carbocycles. The first-order valence-electron chi connectivity index (χ1n) is 6.33. The predicted octanol–water partition coefficient (Wildman–Crippen LogP) is 0.105. The van der Waals surface area contributed by atoms with E-state index in [1.165, 1.54) is 12.1 Å². The Kier molecular flexibility index (Phi) is 6.50. The highest BCUT2D eigenvalue weighted by Crippen LogP contribution is 2.12. The Morgan fingerprint density at radius 2 is 2.00 bits per heavy atom. The van der Waals surface area contributed by atoms with Crippen LogP contribution in [0.5, 0.6) is 0 Å². The summed E-state index contributed by atoms with van der Waals surface area (Å²) < 4.78 is 49.2. The van der Waals surface area contributed by atoms with Crippen LogP contribution in [0.3, 0.4) is 0 Å². The van der Waals surface area contributed by atoms with Gasteiger partial charge in [-0.1, -0.05) is 11.6 Å². The summed E-state index contributed by atoms with van der Waals surface area (Å²) in [5.74, 6) is 0. The van der Waals surface area contributed by atoms with Crippen LogP contribution in [0, 0.1) is 0 Å². The lowest BCUT2D eigenvalue weighted by molar-refractivity contribution is 0.580. The van der Waals surface area contributed by atoms with Crippen molar-refractivity contribution in [3.63, 3.8) is 0 Å². The molecule has 1 aliphatic rings. The van der Waals surface area contributed by atoms with E-state index < -0.39 is 19.9 Å². The molecule has 2 rings (SSSR count). The molecule has 0 radical (unpaired) electrons. The van der Waals surface area contributed by atoms with Gasteiger partial charge in [0.2, 0.25) is 10.0 Å². The first-order valence-corrected chi connectivity index (χ1v) is 9.71. The summed E-state index contributed by atoms with van der Waals surface area (Å²) in [5, 5.41) is 2.99. The number of sulfonamides is 1. The van der Waals surface area contributed by atoms with Crippen molar-refractivity contribution in [1.82, 2.24) is 15.0 Å². The highest BCUT2D eigenvalue weighted by atomic mass is 35.5. The molecule has 124 valence electrons. The van der Waals surface area contributed by atoms with Crippen LogP contribution in [-0.4, -0.2) is 47.7 Å². The van der Waals surface area contributed by atoms with E-state index in [0.717, 1.165) is 37.5 Å². The Labute approximate surface area is 136 Å². The fourth-order valence-electron chi connectivity index (χ4n) is 1.85. The van der Waals surface area contributed by atoms with Gasteiger partial charge < -0.3 is 5.32 Å². The fraction of sp³-hybridized carbons (Fsp3) is 0.417. The highest BCUT2D eigenvalue weighted by Gasteiger charge is 2.17. The first-order chi connectivity index (χ1) is 9.79. The molecule has 1 aromatic rings. The highest BCUT2D eigenvalue weighted by molar-refractivity contribution is 7.90. The summed E-state index contributed by atoms with van der Waals surface area (Å²) in [5.41, 5.74) is 1.03. The van der Waals surface area contributed by atoms with E-state index in [1.807, 2.05) is 6.08 Å². The summed E-state index contributed by atoms with van der Waals surface area (Å²) in [4.78, 5) is 3.63. The molecule has 0 saturated heterocycles. The van der Waals surface area contributed by atoms with Crippen LogP contribution in [0.2, 0.25) is 0 Å². The molecule has 1 aromatic heterocycles. The molecule has 0 fully saturated rings. The standard InChI is InChI=1S/C12H17N3O4S2.ClH/c1-20(16,17)12-3-2-11(9-14-12)21(18,19)15-8-10-4-6-13-7-5-10;/h2-4,9,13,15H,5-8H2,1H3;1H. The SMILES string of the molecule is CS(=O)(=O)c1ccc(S(=O)(=O)NCC2=CCNCC2)cn1.Cl. The maximum atomic E-state index is 12.1. The van der Waals surface area contributed by atoms with Crippen molar-refractivity contribution in [2.75, 3.05) is 25.9 Å². The van der Waals surface area contributed by atoms with Gasteiger partial charge >= 0.3 is 0 Å². The van der Waals surface area contributed by atoms with Crippen LogP contribution in [0.4, 0.5) is 0 Å². The van der Waals surface area contributed by atoms with E-state index in [-0.39, 0.29) is 28.9 Å². The van der Waals surface area contributed by atoms with Gasteiger partial charge in [-0.15, -0.1) is 12.4 Å². The van der Waals surface area contributed by atoms with Gasteiger partial charge in [-0.05, 0) is 25.1 Å². The number of hydrogen-bond acceptors (Lipinski definition) is 6. The first kappa shape index (κ1) is 19.0. The van der Waals surface area contributed by atoms with Crippen molar-refractivity contribution in [1.29, 1.82) is 0 Å². The van der Waals surface area contributed by atoms with Crippen LogP contribution in [0.1, 0.15) is 6.42 Å². The van der Waals surface area contributed by atoms with Crippen molar-refractivity contribution in [3.05, 3.63) is 30.0 Å². The Balaban J connectivity index is 0.00000242. The summed E-state index contributed by atoms with van der Waals surface area (Å²) in [6.45, 7) is 1.82. The van der Waals surface area contributed by atoms with Crippen LogP contribution < -0.4 is 10.0 Å². The Morgan fingerprint density at radius 3 is 2.50 bits per heavy atom. The molecule has 10 heteroatoms. The predicted molar refractivity (Wildman–Crippen MR) is 85.4 cm³/mol. The third-order valence-corrected chi connectivity index (χ3v) is 5.43. The summed E-state index contributed by atoms with van der Waals surface area (Å²) in [6.07, 6.45) is 4.83. The smallest absolute Gasteiger partial charge is 0.242 e. The molecule has 0 unspecified atom stereocenters. The lowest BCUT2D eigenvalue weighted by Crippen LogP contribution is -2.29. The second-order valence-corrected chi connectivity index (χ2v) is 8.47. The molecule has 0 bridgehead atoms. The Bertz CT molecular complexity index is 743. The lowest BCUT2D eigenvalue weighted by Gasteiger charge is -2.14. The van der Waals surface area contributed by atoms with Gasteiger partial charge in [0.1, 0.15) is 4.90 Å². The van der Waals surface area contributed by atoms with Crippen molar-refractivity contribution < 1.29 is 16.8 Å². The Hall–Kier alpha value is -1.00. The van der Waals surface area contributed by atoms with E-state index in [4.69, 9.17) is 0 Å². The molecule has 0 aromatic carbocycles. The van der Waals surface area contributed by atoms with E-state index >= 15 is 0 Å². The van der Waals surface area contributed by atoms with Gasteiger partial charge in [-0.3, -0.25) is 0 Å². The molecule has 7 nitrogen and oxygen atoms in total. The van der Waals surface area contributed by atoms with Crippen LogP contribution in [0.25, 0.3) is 0 Å². The maximum Gasteiger partial charge on any atom is 0.242 e. The van der Waals surface area contributed by atoms with Gasteiger partial charge in [0.05, 0.1) is 0 Å². The zero-order valence-electron chi connectivity index (χ0n) is 11.9. The molecule has 0 atom stereocenters. The number of pyridine rings is 1. The van der Waals surface area contributed by atoms with E-state index in [9.17, 15) is 16.8 Å². The number of halogens is 1. The van der Waals surface area contributed by atoms with Gasteiger partial charge in [0, 0.05) is 25.5 Å². The number of sulfone groups is 1. The molecule has 0 spiro atoms. The minimum Gasteiger partial charge on any atom is -0.313 e. The molecular formula is C12H18ClN3O4S2. The fourth-order valence-corrected chi connectivity index (χ4v) is 3.39. The van der Waals surface area contributed by atoms with Gasteiger partial charge in [0.25, 0.3) is 0 Å². The van der Waals surface area contributed by atoms with Gasteiger partial charge in [-0.2, -0.15) is 0 Å². The third kappa shape index (κ3) is 5.03. The molecule has 0 aliphatic carbocycles. The molecule has 0 amide bonds. The van der Waals surface area contributed by atoms with E-state index in [2.05, 4.69) is 15.0 Å². The third-order valence-electron chi connectivity index (χ3n) is 3.05. The molecular weight excluding hydrogens is 350 g/mol. The monoisotopic (exact) mass is 367 g/mol. The minimum atomic E-state index is -3.69. The van der Waals surface area contributed by atoms with E-state index in [1.54, 1.807) is 0 Å². The van der Waals surface area contributed by atoms with Gasteiger partial charge in [0.15, 0.2) is 14.9 Å².